The molecule has 0 atom stereocenters. The third-order valence-corrected chi connectivity index (χ3v) is 3.56. The number of rotatable bonds is 4. The van der Waals surface area contributed by atoms with Crippen LogP contribution in [0.3, 0.4) is 0 Å². The normalized spacial score (nSPS) is 11.7. The van der Waals surface area contributed by atoms with Gasteiger partial charge in [0.15, 0.2) is 0 Å². The van der Waals surface area contributed by atoms with Gasteiger partial charge in [-0.15, -0.1) is 11.8 Å². The molecule has 0 aromatic carbocycles. The molecule has 0 amide bonds. The molecule has 0 aliphatic rings. The molecule has 0 saturated heterocycles. The molecule has 0 bridgehead atoms. The molecule has 4 nitrogen and oxygen atoms in total. The highest BCUT2D eigenvalue weighted by Gasteiger charge is 2.17. The summed E-state index contributed by atoms with van der Waals surface area (Å²) in [5.41, 5.74) is 1.45. The third-order valence-electron chi connectivity index (χ3n) is 2.16. The Morgan fingerprint density at radius 3 is 2.56 bits per heavy atom. The van der Waals surface area contributed by atoms with E-state index in [1.54, 1.807) is 11.7 Å². The average Bonchev–Trinajstić information content (AvgIpc) is 2.41. The minimum atomic E-state index is -0.431. The van der Waals surface area contributed by atoms with Gasteiger partial charge in [0.25, 0.3) is 0 Å². The molecule has 1 heterocycles. The van der Waals surface area contributed by atoms with Crippen molar-refractivity contribution in [3.05, 3.63) is 16.4 Å². The highest BCUT2D eigenvalue weighted by molar-refractivity contribution is 7.99. The van der Waals surface area contributed by atoms with Crippen LogP contribution in [-0.4, -0.2) is 27.1 Å². The van der Waals surface area contributed by atoms with Crippen molar-refractivity contribution in [3.63, 3.8) is 0 Å². The van der Waals surface area contributed by atoms with Crippen molar-refractivity contribution in [1.29, 1.82) is 0 Å². The zero-order chi connectivity index (χ0) is 13.9. The molecule has 1 aromatic heterocycles. The predicted octanol–water partition coefficient (Wildman–Crippen LogP) is 2.96. The highest BCUT2D eigenvalue weighted by atomic mass is 35.5. The maximum Gasteiger partial charge on any atom is 0.316 e. The van der Waals surface area contributed by atoms with E-state index in [0.29, 0.717) is 16.7 Å². The van der Waals surface area contributed by atoms with Gasteiger partial charge in [-0.25, -0.2) is 0 Å². The number of aryl methyl sites for hydroxylation is 2. The van der Waals surface area contributed by atoms with E-state index in [9.17, 15) is 4.79 Å². The van der Waals surface area contributed by atoms with Crippen LogP contribution < -0.4 is 0 Å². The first-order chi connectivity index (χ1) is 8.20. The second kappa shape index (κ2) is 5.97. The quantitative estimate of drug-likeness (QED) is 0.800. The number of thioether (sulfide) groups is 1. The lowest BCUT2D eigenvalue weighted by Crippen LogP contribution is -2.24. The Morgan fingerprint density at radius 1 is 1.50 bits per heavy atom. The first kappa shape index (κ1) is 15.4. The summed E-state index contributed by atoms with van der Waals surface area (Å²) in [6.07, 6.45) is 0. The second-order valence-electron chi connectivity index (χ2n) is 5.06. The average molecular weight is 291 g/mol. The Hall–Kier alpha value is -0.680. The van der Waals surface area contributed by atoms with Crippen molar-refractivity contribution >= 4 is 29.3 Å². The summed E-state index contributed by atoms with van der Waals surface area (Å²) in [4.78, 5) is 11.5. The van der Waals surface area contributed by atoms with Crippen molar-refractivity contribution in [1.82, 2.24) is 9.78 Å². The van der Waals surface area contributed by atoms with Crippen molar-refractivity contribution in [2.45, 2.75) is 39.0 Å². The van der Waals surface area contributed by atoms with E-state index in [0.717, 1.165) is 11.3 Å². The largest absolute Gasteiger partial charge is 0.459 e. The van der Waals surface area contributed by atoms with E-state index in [1.807, 2.05) is 27.7 Å². The minimum Gasteiger partial charge on any atom is -0.459 e. The van der Waals surface area contributed by atoms with Gasteiger partial charge in [-0.1, -0.05) is 11.6 Å². The summed E-state index contributed by atoms with van der Waals surface area (Å²) in [6.45, 7) is 7.49. The summed E-state index contributed by atoms with van der Waals surface area (Å²) >= 11 is 7.59. The predicted molar refractivity (Wildman–Crippen MR) is 75.0 cm³/mol. The second-order valence-corrected chi connectivity index (χ2v) is 6.40. The van der Waals surface area contributed by atoms with E-state index >= 15 is 0 Å². The van der Waals surface area contributed by atoms with E-state index < -0.39 is 5.60 Å². The molecule has 0 saturated carbocycles. The number of carbonyl (C=O) groups excluding carboxylic acids is 1. The van der Waals surface area contributed by atoms with Crippen LogP contribution in [0.4, 0.5) is 0 Å². The van der Waals surface area contributed by atoms with Crippen LogP contribution in [0, 0.1) is 6.92 Å². The van der Waals surface area contributed by atoms with Gasteiger partial charge in [0, 0.05) is 18.4 Å². The van der Waals surface area contributed by atoms with Crippen LogP contribution >= 0.6 is 23.4 Å². The lowest BCUT2D eigenvalue weighted by atomic mass is 10.2. The van der Waals surface area contributed by atoms with Crippen molar-refractivity contribution < 1.29 is 9.53 Å². The molecule has 0 N–H and O–H groups in total. The van der Waals surface area contributed by atoms with Gasteiger partial charge in [0.2, 0.25) is 0 Å². The van der Waals surface area contributed by atoms with Gasteiger partial charge in [-0.05, 0) is 27.7 Å². The Bertz CT molecular complexity index is 438. The van der Waals surface area contributed by atoms with Gasteiger partial charge in [0.1, 0.15) is 10.8 Å². The molecule has 0 fully saturated rings. The van der Waals surface area contributed by atoms with Gasteiger partial charge >= 0.3 is 5.97 Å². The number of aromatic nitrogens is 2. The fourth-order valence-electron chi connectivity index (χ4n) is 1.45. The van der Waals surface area contributed by atoms with E-state index in [2.05, 4.69) is 5.10 Å². The smallest absolute Gasteiger partial charge is 0.316 e. The topological polar surface area (TPSA) is 44.1 Å². The number of nitrogens with zero attached hydrogens (tertiary/aromatic N) is 2. The number of halogens is 1. The number of ether oxygens (including phenoxy) is 1. The lowest BCUT2D eigenvalue weighted by Gasteiger charge is -2.19. The molecule has 0 spiro atoms. The van der Waals surface area contributed by atoms with Gasteiger partial charge in [0.05, 0.1) is 11.4 Å². The van der Waals surface area contributed by atoms with Crippen molar-refractivity contribution in [3.8, 4) is 0 Å². The van der Waals surface area contributed by atoms with Crippen LogP contribution in [-0.2, 0) is 22.3 Å². The number of hydrogen-bond acceptors (Lipinski definition) is 4. The maximum absolute atomic E-state index is 11.5. The Labute approximate surface area is 117 Å². The van der Waals surface area contributed by atoms with Gasteiger partial charge in [-0.2, -0.15) is 5.10 Å². The van der Waals surface area contributed by atoms with E-state index in [1.165, 1.54) is 11.8 Å². The lowest BCUT2D eigenvalue weighted by molar-refractivity contribution is -0.151. The van der Waals surface area contributed by atoms with E-state index in [-0.39, 0.29) is 5.97 Å². The van der Waals surface area contributed by atoms with Crippen molar-refractivity contribution in [2.24, 2.45) is 7.05 Å². The summed E-state index contributed by atoms with van der Waals surface area (Å²) in [7, 11) is 1.80. The Kier molecular flexibility index (Phi) is 5.10. The third kappa shape index (κ3) is 4.53. The number of hydrogen-bond donors (Lipinski definition) is 0. The van der Waals surface area contributed by atoms with Crippen LogP contribution in [0.2, 0.25) is 5.15 Å². The van der Waals surface area contributed by atoms with Crippen LogP contribution in [0.15, 0.2) is 0 Å². The standard InChI is InChI=1S/C12H19ClN2O2S/c1-8-9(11(13)15(5)14-8)6-18-7-10(16)17-12(2,3)4/h6-7H2,1-5H3. The SMILES string of the molecule is Cc1nn(C)c(Cl)c1CSCC(=O)OC(C)(C)C. The number of esters is 1. The molecular formula is C12H19ClN2O2S. The molecule has 0 unspecified atom stereocenters. The molecule has 0 aliphatic heterocycles. The van der Waals surface area contributed by atoms with Crippen LogP contribution in [0.25, 0.3) is 0 Å². The number of carbonyl (C=O) groups is 1. The van der Waals surface area contributed by atoms with Crippen LogP contribution in [0.1, 0.15) is 32.0 Å². The zero-order valence-electron chi connectivity index (χ0n) is 11.4. The first-order valence-corrected chi connectivity index (χ1v) is 7.21. The molecule has 102 valence electrons. The first-order valence-electron chi connectivity index (χ1n) is 5.68. The molecule has 1 aromatic rings. The van der Waals surface area contributed by atoms with E-state index in [4.69, 9.17) is 16.3 Å². The summed E-state index contributed by atoms with van der Waals surface area (Å²) < 4.78 is 6.87. The van der Waals surface area contributed by atoms with Gasteiger partial charge < -0.3 is 4.74 Å². The maximum atomic E-state index is 11.5. The van der Waals surface area contributed by atoms with Crippen molar-refractivity contribution in [2.75, 3.05) is 5.75 Å². The molecule has 1 rings (SSSR count). The van der Waals surface area contributed by atoms with Crippen LogP contribution in [0.5, 0.6) is 0 Å². The summed E-state index contributed by atoms with van der Waals surface area (Å²) in [6, 6.07) is 0. The fourth-order valence-corrected chi connectivity index (χ4v) is 2.64. The molecule has 0 aliphatic carbocycles. The monoisotopic (exact) mass is 290 g/mol. The Balaban J connectivity index is 2.45. The molecule has 6 heteroatoms. The molecule has 0 radical (unpaired) electrons. The van der Waals surface area contributed by atoms with Gasteiger partial charge in [-0.3, -0.25) is 9.48 Å². The summed E-state index contributed by atoms with van der Waals surface area (Å²) in [5, 5.41) is 4.85. The fraction of sp³-hybridized carbons (Fsp3) is 0.667. The zero-order valence-corrected chi connectivity index (χ0v) is 13.0. The minimum absolute atomic E-state index is 0.204. The highest BCUT2D eigenvalue weighted by Crippen LogP contribution is 2.24. The Morgan fingerprint density at radius 2 is 2.11 bits per heavy atom. The summed E-state index contributed by atoms with van der Waals surface area (Å²) in [5.74, 6) is 0.782. The molecular weight excluding hydrogens is 272 g/mol. The molecule has 18 heavy (non-hydrogen) atoms.